The molecule has 110 valence electrons. The maximum atomic E-state index is 6.13. The molecule has 0 aromatic carbocycles. The van der Waals surface area contributed by atoms with Crippen molar-refractivity contribution in [2.24, 2.45) is 5.92 Å². The summed E-state index contributed by atoms with van der Waals surface area (Å²) in [6.45, 7) is 6.53. The molecular formula is C16H25N3O. The summed E-state index contributed by atoms with van der Waals surface area (Å²) in [5, 5.41) is 3.38. The molecule has 1 aromatic heterocycles. The molecule has 4 heteroatoms. The quantitative estimate of drug-likeness (QED) is 0.919. The summed E-state index contributed by atoms with van der Waals surface area (Å²) in [6.07, 6.45) is 9.11. The Bertz CT molecular complexity index is 423. The molecule has 0 bridgehead atoms. The predicted molar refractivity (Wildman–Crippen MR) is 81.4 cm³/mol. The topological polar surface area (TPSA) is 37.4 Å². The van der Waals surface area contributed by atoms with Gasteiger partial charge in [-0.3, -0.25) is 4.98 Å². The van der Waals surface area contributed by atoms with Crippen LogP contribution in [0.2, 0.25) is 0 Å². The number of anilines is 1. The second-order valence-electron chi connectivity index (χ2n) is 6.12. The molecule has 0 radical (unpaired) electrons. The average Bonchev–Trinajstić information content (AvgIpc) is 2.51. The summed E-state index contributed by atoms with van der Waals surface area (Å²) in [5.74, 6) is 1.79. The van der Waals surface area contributed by atoms with Gasteiger partial charge in [-0.1, -0.05) is 6.92 Å². The molecule has 2 aliphatic rings. The van der Waals surface area contributed by atoms with Crippen molar-refractivity contribution in [2.45, 2.75) is 38.7 Å². The van der Waals surface area contributed by atoms with Crippen LogP contribution in [-0.2, 0) is 0 Å². The zero-order valence-electron chi connectivity index (χ0n) is 12.3. The van der Waals surface area contributed by atoms with Gasteiger partial charge in [0.2, 0.25) is 0 Å². The van der Waals surface area contributed by atoms with Crippen LogP contribution in [0, 0.1) is 5.92 Å². The van der Waals surface area contributed by atoms with Gasteiger partial charge >= 0.3 is 0 Å². The first-order valence-electron chi connectivity index (χ1n) is 7.88. The zero-order chi connectivity index (χ0) is 13.8. The maximum Gasteiger partial charge on any atom is 0.140 e. The molecule has 1 aliphatic carbocycles. The Kier molecular flexibility index (Phi) is 4.41. The van der Waals surface area contributed by atoms with Crippen LogP contribution in [0.1, 0.15) is 32.6 Å². The van der Waals surface area contributed by atoms with Gasteiger partial charge < -0.3 is 15.0 Å². The lowest BCUT2D eigenvalue weighted by Crippen LogP contribution is -2.43. The third-order valence-corrected chi connectivity index (χ3v) is 4.45. The number of aromatic nitrogens is 1. The Morgan fingerprint density at radius 2 is 1.90 bits per heavy atom. The summed E-state index contributed by atoms with van der Waals surface area (Å²) in [7, 11) is 0. The number of rotatable bonds is 3. The lowest BCUT2D eigenvalue weighted by atomic mass is 9.89. The van der Waals surface area contributed by atoms with Gasteiger partial charge in [0.05, 0.1) is 24.2 Å². The molecule has 1 aromatic rings. The molecular weight excluding hydrogens is 250 g/mol. The van der Waals surface area contributed by atoms with Crippen molar-refractivity contribution >= 4 is 5.69 Å². The number of nitrogens with one attached hydrogen (secondary N) is 1. The number of piperazine rings is 1. The second kappa shape index (κ2) is 6.44. The number of nitrogens with zero attached hydrogens (tertiary/aromatic N) is 2. The highest BCUT2D eigenvalue weighted by atomic mass is 16.5. The molecule has 0 atom stereocenters. The molecule has 1 saturated heterocycles. The standard InChI is InChI=1S/C16H25N3O/c1-13-2-4-15(5-3-13)20-16-10-14(11-18-12-16)19-8-6-17-7-9-19/h10-13,15,17H,2-9H2,1H3. The molecule has 1 saturated carbocycles. The molecule has 3 rings (SSSR count). The highest BCUT2D eigenvalue weighted by Crippen LogP contribution is 2.28. The van der Waals surface area contributed by atoms with E-state index in [-0.39, 0.29) is 0 Å². The van der Waals surface area contributed by atoms with Crippen LogP contribution in [0.15, 0.2) is 18.5 Å². The number of hydrogen-bond acceptors (Lipinski definition) is 4. The lowest BCUT2D eigenvalue weighted by molar-refractivity contribution is 0.135. The van der Waals surface area contributed by atoms with Crippen LogP contribution < -0.4 is 15.0 Å². The van der Waals surface area contributed by atoms with Gasteiger partial charge in [0.1, 0.15) is 5.75 Å². The summed E-state index contributed by atoms with van der Waals surface area (Å²) < 4.78 is 6.13. The molecule has 0 amide bonds. The third-order valence-electron chi connectivity index (χ3n) is 4.45. The van der Waals surface area contributed by atoms with E-state index in [9.17, 15) is 0 Å². The van der Waals surface area contributed by atoms with Crippen molar-refractivity contribution < 1.29 is 4.74 Å². The van der Waals surface area contributed by atoms with E-state index >= 15 is 0 Å². The third kappa shape index (κ3) is 3.42. The van der Waals surface area contributed by atoms with Crippen molar-refractivity contribution in [3.63, 3.8) is 0 Å². The number of pyridine rings is 1. The first kappa shape index (κ1) is 13.7. The molecule has 2 heterocycles. The van der Waals surface area contributed by atoms with Crippen LogP contribution in [0.5, 0.6) is 5.75 Å². The zero-order valence-corrected chi connectivity index (χ0v) is 12.3. The fourth-order valence-electron chi connectivity index (χ4n) is 3.11. The van der Waals surface area contributed by atoms with E-state index in [4.69, 9.17) is 4.74 Å². The van der Waals surface area contributed by atoms with E-state index in [0.29, 0.717) is 6.10 Å². The van der Waals surface area contributed by atoms with Crippen LogP contribution in [0.4, 0.5) is 5.69 Å². The van der Waals surface area contributed by atoms with Gasteiger partial charge in [0.25, 0.3) is 0 Å². The number of hydrogen-bond donors (Lipinski definition) is 1. The predicted octanol–water partition coefficient (Wildman–Crippen LogP) is 2.45. The largest absolute Gasteiger partial charge is 0.489 e. The van der Waals surface area contributed by atoms with Gasteiger partial charge in [0.15, 0.2) is 0 Å². The lowest BCUT2D eigenvalue weighted by Gasteiger charge is -2.30. The number of ether oxygens (including phenoxy) is 1. The highest BCUT2D eigenvalue weighted by molar-refractivity contribution is 5.48. The Morgan fingerprint density at radius 3 is 2.65 bits per heavy atom. The molecule has 1 aliphatic heterocycles. The minimum atomic E-state index is 0.381. The van der Waals surface area contributed by atoms with Crippen LogP contribution in [-0.4, -0.2) is 37.3 Å². The smallest absolute Gasteiger partial charge is 0.140 e. The summed E-state index contributed by atoms with van der Waals surface area (Å²) in [6, 6.07) is 2.15. The Balaban J connectivity index is 1.62. The first-order valence-corrected chi connectivity index (χ1v) is 7.88. The highest BCUT2D eigenvalue weighted by Gasteiger charge is 2.20. The second-order valence-corrected chi connectivity index (χ2v) is 6.12. The molecule has 20 heavy (non-hydrogen) atoms. The van der Waals surface area contributed by atoms with Crippen molar-refractivity contribution in [1.29, 1.82) is 0 Å². The van der Waals surface area contributed by atoms with E-state index in [1.807, 2.05) is 12.4 Å². The minimum Gasteiger partial charge on any atom is -0.489 e. The monoisotopic (exact) mass is 275 g/mol. The van der Waals surface area contributed by atoms with Crippen molar-refractivity contribution in [3.05, 3.63) is 18.5 Å². The van der Waals surface area contributed by atoms with Crippen molar-refractivity contribution in [1.82, 2.24) is 10.3 Å². The van der Waals surface area contributed by atoms with Gasteiger partial charge in [-0.05, 0) is 31.6 Å². The van der Waals surface area contributed by atoms with Crippen molar-refractivity contribution in [2.75, 3.05) is 31.1 Å². The molecule has 1 N–H and O–H groups in total. The van der Waals surface area contributed by atoms with E-state index < -0.39 is 0 Å². The van der Waals surface area contributed by atoms with E-state index in [1.54, 1.807) is 0 Å². The van der Waals surface area contributed by atoms with Crippen molar-refractivity contribution in [3.8, 4) is 5.75 Å². The van der Waals surface area contributed by atoms with E-state index in [1.165, 1.54) is 31.4 Å². The van der Waals surface area contributed by atoms with Crippen LogP contribution in [0.3, 0.4) is 0 Å². The van der Waals surface area contributed by atoms with Gasteiger partial charge in [0, 0.05) is 32.2 Å². The fraction of sp³-hybridized carbons (Fsp3) is 0.688. The maximum absolute atomic E-state index is 6.13. The summed E-state index contributed by atoms with van der Waals surface area (Å²) >= 11 is 0. The minimum absolute atomic E-state index is 0.381. The summed E-state index contributed by atoms with van der Waals surface area (Å²) in [4.78, 5) is 6.73. The Labute approximate surface area is 121 Å². The molecule has 0 spiro atoms. The molecule has 0 unspecified atom stereocenters. The van der Waals surface area contributed by atoms with Gasteiger partial charge in [-0.15, -0.1) is 0 Å². The Morgan fingerprint density at radius 1 is 1.15 bits per heavy atom. The van der Waals surface area contributed by atoms with Gasteiger partial charge in [-0.2, -0.15) is 0 Å². The fourth-order valence-corrected chi connectivity index (χ4v) is 3.11. The van der Waals surface area contributed by atoms with E-state index in [2.05, 4.69) is 28.2 Å². The molecule has 2 fully saturated rings. The normalized spacial score (nSPS) is 27.4. The van der Waals surface area contributed by atoms with Crippen LogP contribution in [0.25, 0.3) is 0 Å². The Hall–Kier alpha value is -1.29. The van der Waals surface area contributed by atoms with Crippen LogP contribution >= 0.6 is 0 Å². The summed E-state index contributed by atoms with van der Waals surface area (Å²) in [5.41, 5.74) is 1.19. The van der Waals surface area contributed by atoms with Gasteiger partial charge in [-0.25, -0.2) is 0 Å². The first-order chi connectivity index (χ1) is 9.81. The average molecular weight is 275 g/mol. The SMILES string of the molecule is CC1CCC(Oc2cncc(N3CCNCC3)c2)CC1. The molecule has 4 nitrogen and oxygen atoms in total. The van der Waals surface area contributed by atoms with E-state index in [0.717, 1.165) is 37.8 Å².